The number of aromatic nitrogens is 2. The molecule has 23 heavy (non-hydrogen) atoms. The Balaban J connectivity index is 2.68. The van der Waals surface area contributed by atoms with Crippen LogP contribution in [0.2, 0.25) is 0 Å². The Morgan fingerprint density at radius 2 is 2.22 bits per heavy atom. The van der Waals surface area contributed by atoms with Crippen molar-refractivity contribution in [1.29, 1.82) is 0 Å². The van der Waals surface area contributed by atoms with E-state index in [1.165, 1.54) is 12.5 Å². The molecule has 0 aliphatic carbocycles. The van der Waals surface area contributed by atoms with Gasteiger partial charge in [0.1, 0.15) is 19.1 Å². The highest BCUT2D eigenvalue weighted by Crippen LogP contribution is 1.99. The van der Waals surface area contributed by atoms with Gasteiger partial charge in [-0.1, -0.05) is 0 Å². The molecular weight excluding hydrogens is 308 g/mol. The molecule has 0 radical (unpaired) electrons. The van der Waals surface area contributed by atoms with Crippen LogP contribution in [-0.2, 0) is 20.8 Å². The molecule has 0 aliphatic rings. The van der Waals surface area contributed by atoms with Crippen molar-refractivity contribution in [3.63, 3.8) is 0 Å². The zero-order chi connectivity index (χ0) is 17.2. The number of hydrogen-bond donors (Lipinski definition) is 5. The van der Waals surface area contributed by atoms with Crippen molar-refractivity contribution in [1.82, 2.24) is 20.6 Å². The molecule has 1 rings (SSSR count). The van der Waals surface area contributed by atoms with Crippen molar-refractivity contribution in [2.45, 2.75) is 12.5 Å². The van der Waals surface area contributed by atoms with Crippen LogP contribution in [0.15, 0.2) is 17.5 Å². The molecule has 11 heteroatoms. The Kier molecular flexibility index (Phi) is 7.20. The summed E-state index contributed by atoms with van der Waals surface area (Å²) in [5, 5.41) is 24.1. The van der Waals surface area contributed by atoms with Crippen LogP contribution in [0.1, 0.15) is 5.69 Å². The van der Waals surface area contributed by atoms with Crippen molar-refractivity contribution >= 4 is 23.7 Å². The van der Waals surface area contributed by atoms with Crippen molar-refractivity contribution < 1.29 is 24.6 Å². The van der Waals surface area contributed by atoms with E-state index in [1.54, 1.807) is 0 Å². The Hall–Kier alpha value is -2.95. The van der Waals surface area contributed by atoms with E-state index in [-0.39, 0.29) is 13.0 Å². The lowest BCUT2D eigenvalue weighted by Gasteiger charge is -2.17. The average Bonchev–Trinajstić information content (AvgIpc) is 3.02. The molecule has 2 amide bonds. The van der Waals surface area contributed by atoms with E-state index in [9.17, 15) is 19.5 Å². The van der Waals surface area contributed by atoms with Gasteiger partial charge >= 0.3 is 5.97 Å². The normalized spacial score (nSPS) is 12.5. The highest BCUT2D eigenvalue weighted by atomic mass is 16.4. The van der Waals surface area contributed by atoms with E-state index < -0.39 is 42.8 Å². The molecule has 1 aromatic rings. The van der Waals surface area contributed by atoms with Crippen LogP contribution < -0.4 is 21.5 Å². The first-order valence-corrected chi connectivity index (χ1v) is 6.59. The zero-order valence-electron chi connectivity index (χ0n) is 12.1. The molecule has 0 bridgehead atoms. The van der Waals surface area contributed by atoms with E-state index in [0.717, 1.165) is 0 Å². The third-order valence-electron chi connectivity index (χ3n) is 2.62. The number of nitrogens with two attached hydrogens (primary N) is 1. The first-order valence-electron chi connectivity index (χ1n) is 6.59. The van der Waals surface area contributed by atoms with E-state index in [1.807, 2.05) is 0 Å². The Morgan fingerprint density at radius 3 is 2.78 bits per heavy atom. The minimum atomic E-state index is -1.21. The number of nitrogens with zero attached hydrogens (tertiary/aromatic N) is 2. The Morgan fingerprint density at radius 1 is 1.48 bits per heavy atom. The van der Waals surface area contributed by atoms with Gasteiger partial charge in [-0.25, -0.2) is 4.98 Å². The summed E-state index contributed by atoms with van der Waals surface area (Å²) < 4.78 is 0. The summed E-state index contributed by atoms with van der Waals surface area (Å²) >= 11 is 0. The number of carboxylic acid groups (broad SMARTS) is 1. The lowest BCUT2D eigenvalue weighted by atomic mass is 10.1. The standard InChI is InChI=1S/C12H18N6O5/c13-2-9(19)15-4-10(20)18-8(1-7-3-14-6-17-7)12(23)16-5-11(21)22/h3,6,8H,1-2,4-5,13H2,(H,14,17)(H,15,19)(H,16,23)(H,18,20)(H,21,22)/p-1. The van der Waals surface area contributed by atoms with Crippen LogP contribution in [-0.4, -0.2) is 64.4 Å². The number of nitrogens with one attached hydrogen (secondary N) is 3. The van der Waals surface area contributed by atoms with Crippen LogP contribution >= 0.6 is 0 Å². The highest BCUT2D eigenvalue weighted by Gasteiger charge is 2.22. The molecule has 0 fully saturated rings. The number of carboxylic acids is 1. The largest absolute Gasteiger partial charge is 0.861 e. The van der Waals surface area contributed by atoms with Crippen molar-refractivity contribution in [3.8, 4) is 0 Å². The average molecular weight is 325 g/mol. The topological polar surface area (TPSA) is 186 Å². The second-order valence-electron chi connectivity index (χ2n) is 4.43. The van der Waals surface area contributed by atoms with Crippen molar-refractivity contribution in [2.24, 2.45) is 10.7 Å². The van der Waals surface area contributed by atoms with Gasteiger partial charge in [0.2, 0.25) is 11.8 Å². The maximum atomic E-state index is 12.0. The molecule has 0 aromatic carbocycles. The number of aliphatic imine (C=N–C) groups is 1. The molecular formula is C12H17N6O5-. The van der Waals surface area contributed by atoms with Crippen LogP contribution in [0, 0.1) is 0 Å². The molecule has 1 heterocycles. The van der Waals surface area contributed by atoms with E-state index >= 15 is 0 Å². The molecule has 0 aliphatic heterocycles. The molecule has 0 saturated heterocycles. The van der Waals surface area contributed by atoms with E-state index in [0.29, 0.717) is 5.69 Å². The number of H-pyrrole nitrogens is 1. The molecule has 11 nitrogen and oxygen atoms in total. The second kappa shape index (κ2) is 9.15. The maximum absolute atomic E-state index is 12.0. The molecule has 1 unspecified atom stereocenters. The SMILES string of the molecule is NCC([O-])=NCC(=O)NC(Cc1cnc[nH]1)C(=O)NCC(=O)O. The van der Waals surface area contributed by atoms with E-state index in [4.69, 9.17) is 10.8 Å². The predicted molar refractivity (Wildman–Crippen MR) is 76.2 cm³/mol. The fourth-order valence-electron chi connectivity index (χ4n) is 1.58. The molecule has 0 spiro atoms. The smallest absolute Gasteiger partial charge is 0.322 e. The number of carbonyl (C=O) groups excluding carboxylic acids is 2. The van der Waals surface area contributed by atoms with Gasteiger partial charge in [-0.15, -0.1) is 0 Å². The summed E-state index contributed by atoms with van der Waals surface area (Å²) in [5.41, 5.74) is 5.63. The fraction of sp³-hybridized carbons (Fsp3) is 0.417. The molecule has 0 saturated carbocycles. The zero-order valence-corrected chi connectivity index (χ0v) is 12.1. The number of rotatable bonds is 9. The number of aromatic amines is 1. The molecule has 126 valence electrons. The van der Waals surface area contributed by atoms with Gasteiger partial charge in [0.15, 0.2) is 0 Å². The van der Waals surface area contributed by atoms with Crippen LogP contribution in [0.3, 0.4) is 0 Å². The van der Waals surface area contributed by atoms with Gasteiger partial charge in [-0.3, -0.25) is 19.4 Å². The minimum Gasteiger partial charge on any atom is -0.861 e. The third-order valence-corrected chi connectivity index (χ3v) is 2.62. The van der Waals surface area contributed by atoms with Gasteiger partial charge in [-0.2, -0.15) is 0 Å². The van der Waals surface area contributed by atoms with Crippen LogP contribution in [0.4, 0.5) is 0 Å². The number of carbonyl (C=O) groups is 3. The quantitative estimate of drug-likeness (QED) is 0.229. The first kappa shape index (κ1) is 18.1. The van der Waals surface area contributed by atoms with Gasteiger partial charge in [0.25, 0.3) is 0 Å². The van der Waals surface area contributed by atoms with Gasteiger partial charge in [0.05, 0.1) is 6.33 Å². The number of amides is 2. The minimum absolute atomic E-state index is 0.0715. The molecule has 1 aromatic heterocycles. The first-order chi connectivity index (χ1) is 10.9. The van der Waals surface area contributed by atoms with Gasteiger partial charge in [-0.05, 0) is 5.90 Å². The lowest BCUT2D eigenvalue weighted by molar-refractivity contribution is -0.217. The monoisotopic (exact) mass is 325 g/mol. The summed E-state index contributed by atoms with van der Waals surface area (Å²) in [5.74, 6) is -3.20. The number of hydrogen-bond acceptors (Lipinski definition) is 7. The van der Waals surface area contributed by atoms with Gasteiger partial charge < -0.3 is 31.6 Å². The third kappa shape index (κ3) is 7.04. The Labute approximate surface area is 131 Å². The van der Waals surface area contributed by atoms with E-state index in [2.05, 4.69) is 25.6 Å². The summed E-state index contributed by atoms with van der Waals surface area (Å²) in [4.78, 5) is 44.1. The highest BCUT2D eigenvalue weighted by molar-refractivity contribution is 5.90. The fourth-order valence-corrected chi connectivity index (χ4v) is 1.58. The second-order valence-corrected chi connectivity index (χ2v) is 4.43. The summed E-state index contributed by atoms with van der Waals surface area (Å²) in [6.45, 7) is -1.37. The summed E-state index contributed by atoms with van der Waals surface area (Å²) in [6.07, 6.45) is 2.94. The maximum Gasteiger partial charge on any atom is 0.322 e. The molecule has 1 atom stereocenters. The number of imidazole rings is 1. The van der Waals surface area contributed by atoms with Crippen molar-refractivity contribution in [3.05, 3.63) is 18.2 Å². The summed E-state index contributed by atoms with van der Waals surface area (Å²) in [6, 6.07) is -1.04. The lowest BCUT2D eigenvalue weighted by Crippen LogP contribution is -2.49. The predicted octanol–water partition coefficient (Wildman–Crippen LogP) is -3.64. The molecule has 6 N–H and O–H groups in total. The van der Waals surface area contributed by atoms with Gasteiger partial charge in [0, 0.05) is 24.9 Å². The summed E-state index contributed by atoms with van der Waals surface area (Å²) in [7, 11) is 0. The number of aliphatic carboxylic acids is 1. The van der Waals surface area contributed by atoms with Crippen LogP contribution in [0.5, 0.6) is 0 Å². The Bertz CT molecular complexity index is 571. The van der Waals surface area contributed by atoms with Crippen molar-refractivity contribution in [2.75, 3.05) is 19.6 Å². The van der Waals surface area contributed by atoms with Crippen LogP contribution in [0.25, 0.3) is 0 Å².